The van der Waals surface area contributed by atoms with E-state index >= 15 is 0 Å². The molecule has 0 amide bonds. The highest BCUT2D eigenvalue weighted by atomic mass is 127. The molecule has 0 unspecified atom stereocenters. The lowest BCUT2D eigenvalue weighted by molar-refractivity contribution is 0.249. The van der Waals surface area contributed by atoms with Crippen LogP contribution >= 0.6 is 24.0 Å². The predicted octanol–water partition coefficient (Wildman–Crippen LogP) is 4.28. The lowest BCUT2D eigenvalue weighted by atomic mass is 10.1. The molecule has 0 saturated carbocycles. The summed E-state index contributed by atoms with van der Waals surface area (Å²) >= 11 is 0. The van der Waals surface area contributed by atoms with Crippen molar-refractivity contribution in [1.82, 2.24) is 20.5 Å². The number of rotatable bonds is 8. The van der Waals surface area contributed by atoms with Gasteiger partial charge in [-0.05, 0) is 42.3 Å². The van der Waals surface area contributed by atoms with Crippen molar-refractivity contribution in [3.05, 3.63) is 95.8 Å². The molecule has 0 spiro atoms. The van der Waals surface area contributed by atoms with Crippen molar-refractivity contribution < 1.29 is 0 Å². The number of hydrogen-bond donors (Lipinski definition) is 2. The first-order valence-electron chi connectivity index (χ1n) is 11.8. The van der Waals surface area contributed by atoms with E-state index in [4.69, 9.17) is 4.99 Å². The Bertz CT molecular complexity index is 1000. The Balaban J connectivity index is 0.00000324. The van der Waals surface area contributed by atoms with E-state index in [1.165, 1.54) is 16.8 Å². The van der Waals surface area contributed by atoms with E-state index in [-0.39, 0.29) is 24.0 Å². The van der Waals surface area contributed by atoms with Gasteiger partial charge in [0.1, 0.15) is 0 Å². The highest BCUT2D eigenvalue weighted by Gasteiger charge is 2.18. The number of aromatic nitrogens is 1. The highest BCUT2D eigenvalue weighted by molar-refractivity contribution is 14.0. The molecule has 6 nitrogen and oxygen atoms in total. The SMILES string of the molecule is CCNC(=NCc1ccccc1CN1CCN(c2ccccc2)CC1)NCc1ccccn1.I. The maximum atomic E-state index is 4.84. The van der Waals surface area contributed by atoms with Gasteiger partial charge in [0.2, 0.25) is 0 Å². The smallest absolute Gasteiger partial charge is 0.191 e. The zero-order valence-electron chi connectivity index (χ0n) is 19.9. The second-order valence-corrected chi connectivity index (χ2v) is 8.24. The van der Waals surface area contributed by atoms with E-state index in [0.717, 1.165) is 50.9 Å². The average molecular weight is 571 g/mol. The summed E-state index contributed by atoms with van der Waals surface area (Å²) < 4.78 is 0. The maximum Gasteiger partial charge on any atom is 0.191 e. The highest BCUT2D eigenvalue weighted by Crippen LogP contribution is 2.18. The van der Waals surface area contributed by atoms with Crippen LogP contribution in [-0.4, -0.2) is 48.6 Å². The molecule has 0 bridgehead atoms. The third-order valence-corrected chi connectivity index (χ3v) is 5.92. The predicted molar refractivity (Wildman–Crippen MR) is 152 cm³/mol. The minimum Gasteiger partial charge on any atom is -0.369 e. The molecule has 1 aromatic heterocycles. The van der Waals surface area contributed by atoms with Crippen LogP contribution in [0.4, 0.5) is 5.69 Å². The van der Waals surface area contributed by atoms with Crippen LogP contribution < -0.4 is 15.5 Å². The Morgan fingerprint density at radius 1 is 0.853 bits per heavy atom. The van der Waals surface area contributed by atoms with E-state index in [0.29, 0.717) is 13.1 Å². The number of pyridine rings is 1. The number of para-hydroxylation sites is 1. The average Bonchev–Trinajstić information content (AvgIpc) is 2.88. The molecule has 4 rings (SSSR count). The molecule has 7 heteroatoms. The molecule has 1 saturated heterocycles. The molecule has 0 atom stereocenters. The number of anilines is 1. The molecule has 2 aromatic carbocycles. The molecule has 1 fully saturated rings. The topological polar surface area (TPSA) is 55.8 Å². The Morgan fingerprint density at radius 3 is 2.26 bits per heavy atom. The van der Waals surface area contributed by atoms with Crippen molar-refractivity contribution >= 4 is 35.6 Å². The molecule has 34 heavy (non-hydrogen) atoms. The largest absolute Gasteiger partial charge is 0.369 e. The number of benzene rings is 2. The number of piperazine rings is 1. The van der Waals surface area contributed by atoms with Gasteiger partial charge in [-0.3, -0.25) is 9.88 Å². The number of nitrogens with zero attached hydrogens (tertiary/aromatic N) is 4. The lowest BCUT2D eigenvalue weighted by Crippen LogP contribution is -2.46. The summed E-state index contributed by atoms with van der Waals surface area (Å²) in [5.74, 6) is 0.814. The third-order valence-electron chi connectivity index (χ3n) is 5.92. The minimum atomic E-state index is 0. The Labute approximate surface area is 220 Å². The normalized spacial score (nSPS) is 14.4. The van der Waals surface area contributed by atoms with Crippen molar-refractivity contribution in [2.45, 2.75) is 26.6 Å². The van der Waals surface area contributed by atoms with Gasteiger partial charge >= 0.3 is 0 Å². The van der Waals surface area contributed by atoms with Crippen molar-refractivity contribution in [1.29, 1.82) is 0 Å². The molecule has 1 aliphatic rings. The first-order valence-corrected chi connectivity index (χ1v) is 11.8. The second kappa shape index (κ2) is 13.9. The van der Waals surface area contributed by atoms with E-state index in [9.17, 15) is 0 Å². The van der Waals surface area contributed by atoms with E-state index in [1.54, 1.807) is 0 Å². The van der Waals surface area contributed by atoms with Gasteiger partial charge in [0.15, 0.2) is 5.96 Å². The summed E-state index contributed by atoms with van der Waals surface area (Å²) in [4.78, 5) is 14.2. The van der Waals surface area contributed by atoms with E-state index < -0.39 is 0 Å². The monoisotopic (exact) mass is 570 g/mol. The second-order valence-electron chi connectivity index (χ2n) is 8.24. The summed E-state index contributed by atoms with van der Waals surface area (Å²) in [5.41, 5.74) is 4.95. The van der Waals surface area contributed by atoms with Crippen LogP contribution in [0.5, 0.6) is 0 Å². The quantitative estimate of drug-likeness (QED) is 0.241. The van der Waals surface area contributed by atoms with Gasteiger partial charge < -0.3 is 15.5 Å². The standard InChI is InChI=1S/C27H34N6.HI/c1-2-28-27(31-21-25-12-8-9-15-29-25)30-20-23-10-6-7-11-24(23)22-32-16-18-33(19-17-32)26-13-4-3-5-14-26;/h3-15H,2,16-22H2,1H3,(H2,28,30,31);1H. The molecular formula is C27H35IN6. The first-order chi connectivity index (χ1) is 16.3. The van der Waals surface area contributed by atoms with Crippen LogP contribution in [0, 0.1) is 0 Å². The number of aliphatic imine (C=N–C) groups is 1. The van der Waals surface area contributed by atoms with Gasteiger partial charge in [0, 0.05) is 51.2 Å². The number of halogens is 1. The van der Waals surface area contributed by atoms with E-state index in [1.807, 2.05) is 24.4 Å². The van der Waals surface area contributed by atoms with Crippen molar-refractivity contribution in [3.63, 3.8) is 0 Å². The van der Waals surface area contributed by atoms with Crippen LogP contribution in [0.3, 0.4) is 0 Å². The summed E-state index contributed by atoms with van der Waals surface area (Å²) in [6.07, 6.45) is 1.82. The summed E-state index contributed by atoms with van der Waals surface area (Å²) in [5, 5.41) is 6.73. The number of hydrogen-bond acceptors (Lipinski definition) is 4. The molecule has 2 heterocycles. The molecule has 0 aliphatic carbocycles. The fourth-order valence-electron chi connectivity index (χ4n) is 4.09. The minimum absolute atomic E-state index is 0. The van der Waals surface area contributed by atoms with Crippen molar-refractivity contribution in [2.24, 2.45) is 4.99 Å². The first kappa shape index (κ1) is 26.0. The molecule has 3 aromatic rings. The molecule has 180 valence electrons. The van der Waals surface area contributed by atoms with Gasteiger partial charge in [-0.1, -0.05) is 48.5 Å². The molecule has 0 radical (unpaired) electrons. The van der Waals surface area contributed by atoms with Gasteiger partial charge in [-0.2, -0.15) is 0 Å². The zero-order chi connectivity index (χ0) is 22.7. The van der Waals surface area contributed by atoms with Crippen molar-refractivity contribution in [2.75, 3.05) is 37.6 Å². The maximum absolute atomic E-state index is 4.84. The Morgan fingerprint density at radius 2 is 1.56 bits per heavy atom. The van der Waals surface area contributed by atoms with Crippen LogP contribution in [0.25, 0.3) is 0 Å². The van der Waals surface area contributed by atoms with Gasteiger partial charge in [0.25, 0.3) is 0 Å². The van der Waals surface area contributed by atoms with Gasteiger partial charge in [-0.25, -0.2) is 4.99 Å². The Hall–Kier alpha value is -2.65. The third kappa shape index (κ3) is 7.70. The fourth-order valence-corrected chi connectivity index (χ4v) is 4.09. The fraction of sp³-hybridized carbons (Fsp3) is 0.333. The zero-order valence-corrected chi connectivity index (χ0v) is 22.2. The lowest BCUT2D eigenvalue weighted by Gasteiger charge is -2.36. The van der Waals surface area contributed by atoms with Crippen LogP contribution in [0.15, 0.2) is 84.0 Å². The summed E-state index contributed by atoms with van der Waals surface area (Å²) in [6, 6.07) is 25.3. The van der Waals surface area contributed by atoms with Crippen molar-refractivity contribution in [3.8, 4) is 0 Å². The van der Waals surface area contributed by atoms with Gasteiger partial charge in [0.05, 0.1) is 18.8 Å². The van der Waals surface area contributed by atoms with Crippen LogP contribution in [0.2, 0.25) is 0 Å². The number of guanidine groups is 1. The van der Waals surface area contributed by atoms with Gasteiger partial charge in [-0.15, -0.1) is 24.0 Å². The molecule has 2 N–H and O–H groups in total. The summed E-state index contributed by atoms with van der Waals surface area (Å²) in [7, 11) is 0. The van der Waals surface area contributed by atoms with E-state index in [2.05, 4.69) is 86.9 Å². The summed E-state index contributed by atoms with van der Waals surface area (Å²) in [6.45, 7) is 9.44. The van der Waals surface area contributed by atoms with Crippen LogP contribution in [0.1, 0.15) is 23.7 Å². The molecular weight excluding hydrogens is 535 g/mol. The molecule has 1 aliphatic heterocycles. The Kier molecular flexibility index (Phi) is 10.6. The van der Waals surface area contributed by atoms with Crippen LogP contribution in [-0.2, 0) is 19.6 Å². The number of nitrogens with one attached hydrogen (secondary N) is 2.